The molecule has 0 spiro atoms. The van der Waals surface area contributed by atoms with Gasteiger partial charge in [-0.05, 0) is 30.3 Å². The molecule has 1 aromatic carbocycles. The number of hydrogen-bond donors (Lipinski definition) is 1. The number of nitrogens with one attached hydrogen (secondary N) is 1. The van der Waals surface area contributed by atoms with Gasteiger partial charge in [-0.2, -0.15) is 4.31 Å². The minimum absolute atomic E-state index is 0.172. The maximum atomic E-state index is 12.8. The maximum absolute atomic E-state index is 12.8. The van der Waals surface area contributed by atoms with E-state index in [1.807, 2.05) is 0 Å². The molecular formula is C18H20ClN3O6S. The normalized spacial score (nSPS) is 15.1. The topological polar surface area (TPSA) is 107 Å². The van der Waals surface area contributed by atoms with Crippen LogP contribution in [0.25, 0.3) is 0 Å². The molecule has 2 heterocycles. The molecule has 1 fully saturated rings. The highest BCUT2D eigenvalue weighted by molar-refractivity contribution is 7.89. The van der Waals surface area contributed by atoms with E-state index in [0.29, 0.717) is 16.5 Å². The van der Waals surface area contributed by atoms with Crippen LogP contribution in [0.3, 0.4) is 0 Å². The minimum Gasteiger partial charge on any atom is -0.495 e. The molecule has 1 aliphatic rings. The largest absolute Gasteiger partial charge is 0.495 e. The van der Waals surface area contributed by atoms with Gasteiger partial charge in [0.2, 0.25) is 15.9 Å². The fourth-order valence-corrected chi connectivity index (χ4v) is 4.55. The third-order valence-corrected chi connectivity index (χ3v) is 6.47. The Balaban J connectivity index is 1.82. The van der Waals surface area contributed by atoms with Crippen LogP contribution in [0.4, 0.5) is 5.69 Å². The van der Waals surface area contributed by atoms with E-state index in [1.165, 1.54) is 35.8 Å². The molecule has 9 nitrogen and oxygen atoms in total. The predicted octanol–water partition coefficient (Wildman–Crippen LogP) is 1.17. The third kappa shape index (κ3) is 4.78. The number of anilines is 1. The van der Waals surface area contributed by atoms with Gasteiger partial charge in [0.15, 0.2) is 0 Å². The Labute approximate surface area is 172 Å². The summed E-state index contributed by atoms with van der Waals surface area (Å²) >= 11 is 5.95. The van der Waals surface area contributed by atoms with E-state index < -0.39 is 21.5 Å². The number of aromatic nitrogens is 1. The molecule has 0 radical (unpaired) electrons. The molecule has 1 aliphatic heterocycles. The number of nitrogens with zero attached hydrogens (tertiary/aromatic N) is 2. The van der Waals surface area contributed by atoms with E-state index in [2.05, 4.69) is 5.32 Å². The standard InChI is InChI=1S/C18H20ClN3O6S/c1-27-15-5-4-13(19)11-14(15)20-17(23)12-21-6-2-3-16(18(21)24)29(25,26)22-7-9-28-10-8-22/h2-6,11H,7-10,12H2,1H3,(H,20,23). The number of morpholine rings is 1. The second-order valence-electron chi connectivity index (χ2n) is 6.21. The van der Waals surface area contributed by atoms with Gasteiger partial charge in [0.05, 0.1) is 26.0 Å². The Morgan fingerprint density at radius 1 is 1.28 bits per heavy atom. The van der Waals surface area contributed by atoms with E-state index in [0.717, 1.165) is 4.57 Å². The minimum atomic E-state index is -3.98. The molecule has 11 heteroatoms. The zero-order valence-corrected chi connectivity index (χ0v) is 17.2. The Bertz CT molecular complexity index is 1060. The molecule has 29 heavy (non-hydrogen) atoms. The van der Waals surface area contributed by atoms with E-state index >= 15 is 0 Å². The van der Waals surface area contributed by atoms with Crippen LogP contribution in [0.15, 0.2) is 46.2 Å². The van der Waals surface area contributed by atoms with Gasteiger partial charge in [-0.25, -0.2) is 8.42 Å². The van der Waals surface area contributed by atoms with E-state index in [9.17, 15) is 18.0 Å². The molecule has 1 amide bonds. The lowest BCUT2D eigenvalue weighted by Crippen LogP contribution is -2.43. The van der Waals surface area contributed by atoms with Crippen molar-refractivity contribution in [3.8, 4) is 5.75 Å². The first-order valence-corrected chi connectivity index (χ1v) is 10.6. The third-order valence-electron chi connectivity index (χ3n) is 4.32. The lowest BCUT2D eigenvalue weighted by atomic mass is 10.3. The zero-order chi connectivity index (χ0) is 21.0. The van der Waals surface area contributed by atoms with Crippen LogP contribution in [-0.4, -0.2) is 56.6 Å². The van der Waals surface area contributed by atoms with E-state index in [4.69, 9.17) is 21.1 Å². The molecule has 1 N–H and O–H groups in total. The number of sulfonamides is 1. The predicted molar refractivity (Wildman–Crippen MR) is 107 cm³/mol. The van der Waals surface area contributed by atoms with Crippen LogP contribution >= 0.6 is 11.6 Å². The SMILES string of the molecule is COc1ccc(Cl)cc1NC(=O)Cn1cccc(S(=O)(=O)N2CCOCC2)c1=O. The molecule has 0 bridgehead atoms. The molecule has 2 aromatic rings. The zero-order valence-electron chi connectivity index (χ0n) is 15.6. The van der Waals surface area contributed by atoms with Crippen molar-refractivity contribution in [1.82, 2.24) is 8.87 Å². The van der Waals surface area contributed by atoms with E-state index in [1.54, 1.807) is 12.1 Å². The fraction of sp³-hybridized carbons (Fsp3) is 0.333. The summed E-state index contributed by atoms with van der Waals surface area (Å²) in [7, 11) is -2.53. The summed E-state index contributed by atoms with van der Waals surface area (Å²) in [6, 6.07) is 7.38. The van der Waals surface area contributed by atoms with Crippen molar-refractivity contribution in [2.24, 2.45) is 0 Å². The molecule has 0 unspecified atom stereocenters. The molecule has 1 saturated heterocycles. The van der Waals surface area contributed by atoms with Crippen LogP contribution in [0.1, 0.15) is 0 Å². The first-order chi connectivity index (χ1) is 13.8. The van der Waals surface area contributed by atoms with Crippen molar-refractivity contribution in [2.45, 2.75) is 11.4 Å². The van der Waals surface area contributed by atoms with Crippen molar-refractivity contribution in [3.05, 3.63) is 51.9 Å². The molecular weight excluding hydrogens is 422 g/mol. The summed E-state index contributed by atoms with van der Waals surface area (Å²) in [5.41, 5.74) is -0.428. The number of amides is 1. The van der Waals surface area contributed by atoms with Crippen LogP contribution in [0.5, 0.6) is 5.75 Å². The van der Waals surface area contributed by atoms with Crippen LogP contribution < -0.4 is 15.6 Å². The van der Waals surface area contributed by atoms with Crippen molar-refractivity contribution in [2.75, 3.05) is 38.7 Å². The molecule has 3 rings (SSSR count). The van der Waals surface area contributed by atoms with Gasteiger partial charge < -0.3 is 19.4 Å². The van der Waals surface area contributed by atoms with Gasteiger partial charge in [0.25, 0.3) is 5.56 Å². The lowest BCUT2D eigenvalue weighted by Gasteiger charge is -2.25. The van der Waals surface area contributed by atoms with Crippen molar-refractivity contribution in [1.29, 1.82) is 0 Å². The summed E-state index contributed by atoms with van der Waals surface area (Å²) < 4.78 is 38.1. The highest BCUT2D eigenvalue weighted by Gasteiger charge is 2.29. The quantitative estimate of drug-likeness (QED) is 0.721. The maximum Gasteiger partial charge on any atom is 0.271 e. The van der Waals surface area contributed by atoms with Crippen LogP contribution in [0.2, 0.25) is 5.02 Å². The smallest absolute Gasteiger partial charge is 0.271 e. The van der Waals surface area contributed by atoms with Crippen molar-refractivity contribution in [3.63, 3.8) is 0 Å². The molecule has 156 valence electrons. The number of rotatable bonds is 6. The second-order valence-corrected chi connectivity index (χ2v) is 8.56. The van der Waals surface area contributed by atoms with Crippen molar-refractivity contribution >= 4 is 33.2 Å². The van der Waals surface area contributed by atoms with Gasteiger partial charge in [0.1, 0.15) is 17.2 Å². The van der Waals surface area contributed by atoms with E-state index in [-0.39, 0.29) is 37.7 Å². The molecule has 1 aromatic heterocycles. The first kappa shape index (κ1) is 21.3. The highest BCUT2D eigenvalue weighted by Crippen LogP contribution is 2.27. The van der Waals surface area contributed by atoms with Gasteiger partial charge in [-0.1, -0.05) is 11.6 Å². The van der Waals surface area contributed by atoms with Gasteiger partial charge in [0, 0.05) is 24.3 Å². The highest BCUT2D eigenvalue weighted by atomic mass is 35.5. The lowest BCUT2D eigenvalue weighted by molar-refractivity contribution is -0.116. The Morgan fingerprint density at radius 2 is 2.00 bits per heavy atom. The number of benzene rings is 1. The number of methoxy groups -OCH3 is 1. The summed E-state index contributed by atoms with van der Waals surface area (Å²) in [5.74, 6) is -0.132. The van der Waals surface area contributed by atoms with Crippen LogP contribution in [-0.2, 0) is 26.1 Å². The fourth-order valence-electron chi connectivity index (χ4n) is 2.88. The average Bonchev–Trinajstić information content (AvgIpc) is 2.70. The number of carbonyl (C=O) groups is 1. The summed E-state index contributed by atoms with van der Waals surface area (Å²) in [4.78, 5) is 24.8. The van der Waals surface area contributed by atoms with Gasteiger partial charge >= 0.3 is 0 Å². The first-order valence-electron chi connectivity index (χ1n) is 8.73. The number of halogens is 1. The molecule has 0 saturated carbocycles. The van der Waals surface area contributed by atoms with Gasteiger partial charge in [-0.3, -0.25) is 9.59 Å². The Morgan fingerprint density at radius 3 is 2.69 bits per heavy atom. The number of hydrogen-bond acceptors (Lipinski definition) is 6. The van der Waals surface area contributed by atoms with Crippen molar-refractivity contribution < 1.29 is 22.7 Å². The monoisotopic (exact) mass is 441 g/mol. The Hall–Kier alpha value is -2.40. The second kappa shape index (κ2) is 8.95. The Kier molecular flexibility index (Phi) is 6.58. The number of ether oxygens (including phenoxy) is 2. The van der Waals surface area contributed by atoms with Crippen LogP contribution in [0, 0.1) is 0 Å². The molecule has 0 atom stereocenters. The number of pyridine rings is 1. The molecule has 0 aliphatic carbocycles. The summed E-state index contributed by atoms with van der Waals surface area (Å²) in [6.07, 6.45) is 1.36. The average molecular weight is 442 g/mol. The summed E-state index contributed by atoms with van der Waals surface area (Å²) in [6.45, 7) is 0.507. The summed E-state index contributed by atoms with van der Waals surface area (Å²) in [5, 5.41) is 3.01. The van der Waals surface area contributed by atoms with Gasteiger partial charge in [-0.15, -0.1) is 0 Å². The number of carbonyl (C=O) groups excluding carboxylic acids is 1.